The number of hydrogen-bond donors (Lipinski definition) is 2. The highest BCUT2D eigenvalue weighted by Crippen LogP contribution is 2.28. The zero-order valence-corrected chi connectivity index (χ0v) is 14.0. The first-order valence-electron chi connectivity index (χ1n) is 5.74. The van der Waals surface area contributed by atoms with E-state index in [0.29, 0.717) is 9.50 Å². The lowest BCUT2D eigenvalue weighted by Gasteiger charge is -2.11. The van der Waals surface area contributed by atoms with Crippen molar-refractivity contribution in [1.29, 1.82) is 0 Å². The Morgan fingerprint density at radius 2 is 1.95 bits per heavy atom. The van der Waals surface area contributed by atoms with E-state index in [9.17, 15) is 12.8 Å². The summed E-state index contributed by atoms with van der Waals surface area (Å²) >= 11 is 9.09. The van der Waals surface area contributed by atoms with Gasteiger partial charge in [0.1, 0.15) is 10.7 Å². The average molecular weight is 394 g/mol. The minimum absolute atomic E-state index is 0.157. The average Bonchev–Trinajstić information content (AvgIpc) is 2.37. The van der Waals surface area contributed by atoms with Crippen LogP contribution in [0.25, 0.3) is 0 Å². The van der Waals surface area contributed by atoms with Crippen molar-refractivity contribution in [3.8, 4) is 0 Å². The number of halogens is 3. The SMILES string of the molecule is Cc1cc(N)cc(S(=O)(=O)Nc2ccc(Br)c(Cl)c2)c1F. The zero-order valence-electron chi connectivity index (χ0n) is 10.8. The molecule has 0 fully saturated rings. The van der Waals surface area contributed by atoms with Crippen LogP contribution in [0.5, 0.6) is 0 Å². The number of benzene rings is 2. The molecule has 0 radical (unpaired) electrons. The van der Waals surface area contributed by atoms with Gasteiger partial charge in [-0.3, -0.25) is 4.72 Å². The molecular weight excluding hydrogens is 383 g/mol. The van der Waals surface area contributed by atoms with Crippen LogP contribution in [0.3, 0.4) is 0 Å². The maximum Gasteiger partial charge on any atom is 0.264 e. The second-order valence-electron chi connectivity index (χ2n) is 4.38. The summed E-state index contributed by atoms with van der Waals surface area (Å²) in [4.78, 5) is -0.501. The van der Waals surface area contributed by atoms with Crippen molar-refractivity contribution >= 4 is 48.9 Å². The van der Waals surface area contributed by atoms with Crippen LogP contribution >= 0.6 is 27.5 Å². The van der Waals surface area contributed by atoms with Gasteiger partial charge in [-0.05, 0) is 58.7 Å². The quantitative estimate of drug-likeness (QED) is 0.776. The Hall–Kier alpha value is -1.31. The molecule has 0 aliphatic carbocycles. The number of nitrogens with one attached hydrogen (secondary N) is 1. The van der Waals surface area contributed by atoms with Gasteiger partial charge in [-0.2, -0.15) is 0 Å². The van der Waals surface area contributed by atoms with E-state index < -0.39 is 20.7 Å². The molecule has 2 aromatic carbocycles. The summed E-state index contributed by atoms with van der Waals surface area (Å²) in [6.45, 7) is 1.45. The fourth-order valence-corrected chi connectivity index (χ4v) is 3.39. The summed E-state index contributed by atoms with van der Waals surface area (Å²) in [5.41, 5.74) is 6.13. The lowest BCUT2D eigenvalue weighted by atomic mass is 10.2. The van der Waals surface area contributed by atoms with Gasteiger partial charge >= 0.3 is 0 Å². The number of sulfonamides is 1. The Labute approximate surface area is 135 Å². The fourth-order valence-electron chi connectivity index (χ4n) is 1.73. The van der Waals surface area contributed by atoms with Gasteiger partial charge in [0.05, 0.1) is 10.7 Å². The molecule has 3 N–H and O–H groups in total. The molecule has 0 saturated carbocycles. The van der Waals surface area contributed by atoms with Gasteiger partial charge in [-0.1, -0.05) is 11.6 Å². The molecule has 0 spiro atoms. The van der Waals surface area contributed by atoms with Crippen molar-refractivity contribution in [2.45, 2.75) is 11.8 Å². The van der Waals surface area contributed by atoms with Crippen LogP contribution in [0.2, 0.25) is 5.02 Å². The number of rotatable bonds is 3. The van der Waals surface area contributed by atoms with E-state index in [1.165, 1.54) is 25.1 Å². The van der Waals surface area contributed by atoms with Crippen molar-refractivity contribution in [2.75, 3.05) is 10.5 Å². The van der Waals surface area contributed by atoms with Crippen molar-refractivity contribution in [1.82, 2.24) is 0 Å². The van der Waals surface area contributed by atoms with E-state index in [-0.39, 0.29) is 16.9 Å². The lowest BCUT2D eigenvalue weighted by Crippen LogP contribution is -2.15. The molecule has 0 atom stereocenters. The number of hydrogen-bond acceptors (Lipinski definition) is 3. The third-order valence-electron chi connectivity index (χ3n) is 2.70. The summed E-state index contributed by atoms with van der Waals surface area (Å²) in [5.74, 6) is -0.833. The Morgan fingerprint density at radius 1 is 1.29 bits per heavy atom. The second kappa shape index (κ2) is 5.82. The minimum Gasteiger partial charge on any atom is -0.399 e. The highest BCUT2D eigenvalue weighted by molar-refractivity contribution is 9.10. The van der Waals surface area contributed by atoms with Crippen molar-refractivity contribution in [3.05, 3.63) is 51.2 Å². The van der Waals surface area contributed by atoms with Gasteiger partial charge < -0.3 is 5.73 Å². The largest absolute Gasteiger partial charge is 0.399 e. The minimum atomic E-state index is -4.10. The Morgan fingerprint density at radius 3 is 2.57 bits per heavy atom. The Kier molecular flexibility index (Phi) is 4.46. The topological polar surface area (TPSA) is 72.2 Å². The van der Waals surface area contributed by atoms with Crippen LogP contribution < -0.4 is 10.5 Å². The number of anilines is 2. The smallest absolute Gasteiger partial charge is 0.264 e. The predicted molar refractivity (Wildman–Crippen MR) is 85.5 cm³/mol. The third kappa shape index (κ3) is 3.48. The second-order valence-corrected chi connectivity index (χ2v) is 7.30. The molecule has 0 unspecified atom stereocenters. The standard InChI is InChI=1S/C13H11BrClFN2O2S/c1-7-4-8(17)5-12(13(7)16)21(19,20)18-9-2-3-10(14)11(15)6-9/h2-6,18H,17H2,1H3. The first-order valence-corrected chi connectivity index (χ1v) is 8.39. The molecule has 0 saturated heterocycles. The predicted octanol–water partition coefficient (Wildman–Crippen LogP) is 3.93. The van der Waals surface area contributed by atoms with Crippen LogP contribution in [-0.2, 0) is 10.0 Å². The van der Waals surface area contributed by atoms with Crippen LogP contribution in [-0.4, -0.2) is 8.42 Å². The van der Waals surface area contributed by atoms with Crippen molar-refractivity contribution in [3.63, 3.8) is 0 Å². The van der Waals surface area contributed by atoms with Gasteiger partial charge in [-0.15, -0.1) is 0 Å². The van der Waals surface area contributed by atoms with E-state index in [0.717, 1.165) is 6.07 Å². The molecule has 2 aromatic rings. The first kappa shape index (κ1) is 16.1. The number of aryl methyl sites for hydroxylation is 1. The van der Waals surface area contributed by atoms with E-state index in [4.69, 9.17) is 17.3 Å². The molecule has 0 heterocycles. The molecule has 112 valence electrons. The van der Waals surface area contributed by atoms with E-state index in [1.54, 1.807) is 6.07 Å². The zero-order chi connectivity index (χ0) is 15.8. The summed E-state index contributed by atoms with van der Waals surface area (Å²) in [5, 5.41) is 0.333. The van der Waals surface area contributed by atoms with Crippen LogP contribution in [0.1, 0.15) is 5.56 Å². The number of nitrogen functional groups attached to an aromatic ring is 1. The molecule has 0 bridgehead atoms. The molecule has 0 aliphatic rings. The summed E-state index contributed by atoms with van der Waals surface area (Å²) in [7, 11) is -4.10. The van der Waals surface area contributed by atoms with E-state index in [2.05, 4.69) is 20.7 Å². The summed E-state index contributed by atoms with van der Waals surface area (Å²) in [6, 6.07) is 6.95. The van der Waals surface area contributed by atoms with Gasteiger partial charge in [0, 0.05) is 10.2 Å². The van der Waals surface area contributed by atoms with E-state index >= 15 is 0 Å². The highest BCUT2D eigenvalue weighted by atomic mass is 79.9. The van der Waals surface area contributed by atoms with Gasteiger partial charge in [0.2, 0.25) is 0 Å². The van der Waals surface area contributed by atoms with Gasteiger partial charge in [0.25, 0.3) is 10.0 Å². The maximum atomic E-state index is 14.0. The summed E-state index contributed by atoms with van der Waals surface area (Å²) < 4.78 is 41.4. The molecule has 0 aliphatic heterocycles. The van der Waals surface area contributed by atoms with Crippen LogP contribution in [0, 0.1) is 12.7 Å². The molecule has 8 heteroatoms. The van der Waals surface area contributed by atoms with Crippen LogP contribution in [0.4, 0.5) is 15.8 Å². The molecule has 21 heavy (non-hydrogen) atoms. The fraction of sp³-hybridized carbons (Fsp3) is 0.0769. The third-order valence-corrected chi connectivity index (χ3v) is 5.32. The maximum absolute atomic E-state index is 14.0. The summed E-state index contributed by atoms with van der Waals surface area (Å²) in [6.07, 6.45) is 0. The molecule has 0 aromatic heterocycles. The monoisotopic (exact) mass is 392 g/mol. The molecular formula is C13H11BrClFN2O2S. The van der Waals surface area contributed by atoms with Crippen LogP contribution in [0.15, 0.2) is 39.7 Å². The highest BCUT2D eigenvalue weighted by Gasteiger charge is 2.21. The number of nitrogens with two attached hydrogens (primary N) is 1. The van der Waals surface area contributed by atoms with E-state index in [1.807, 2.05) is 0 Å². The molecule has 2 rings (SSSR count). The normalized spacial score (nSPS) is 11.4. The van der Waals surface area contributed by atoms with Gasteiger partial charge in [-0.25, -0.2) is 12.8 Å². The van der Waals surface area contributed by atoms with Gasteiger partial charge in [0.15, 0.2) is 0 Å². The molecule has 4 nitrogen and oxygen atoms in total. The Balaban J connectivity index is 2.45. The Bertz CT molecular complexity index is 812. The first-order chi connectivity index (χ1) is 9.70. The lowest BCUT2D eigenvalue weighted by molar-refractivity contribution is 0.565. The van der Waals surface area contributed by atoms with Crippen molar-refractivity contribution in [2.24, 2.45) is 0 Å². The molecule has 0 amide bonds. The van der Waals surface area contributed by atoms with Crippen molar-refractivity contribution < 1.29 is 12.8 Å².